The van der Waals surface area contributed by atoms with Gasteiger partial charge in [0, 0.05) is 6.61 Å². The first-order valence-corrected chi connectivity index (χ1v) is 6.27. The zero-order chi connectivity index (χ0) is 13.1. The van der Waals surface area contributed by atoms with Crippen molar-refractivity contribution in [2.45, 2.75) is 19.4 Å². The number of rotatable bonds is 4. The molecule has 4 heteroatoms. The molecule has 2 N–H and O–H groups in total. The number of hydrogen-bond donors (Lipinski definition) is 2. The molecule has 0 atom stereocenters. The molecule has 0 saturated carbocycles. The van der Waals surface area contributed by atoms with E-state index in [1.165, 1.54) is 0 Å². The van der Waals surface area contributed by atoms with Gasteiger partial charge >= 0.3 is 0 Å². The van der Waals surface area contributed by atoms with Gasteiger partial charge in [-0.1, -0.05) is 30.3 Å². The average molecular weight is 251 g/mol. The lowest BCUT2D eigenvalue weighted by molar-refractivity contribution is -0.129. The Morgan fingerprint density at radius 2 is 1.94 bits per heavy atom. The largest absolute Gasteiger partial charge is 0.463 e. The first-order valence-electron chi connectivity index (χ1n) is 6.27. The predicted molar refractivity (Wildman–Crippen MR) is 70.0 cm³/mol. The van der Waals surface area contributed by atoms with Crippen molar-refractivity contribution in [3.8, 4) is 0 Å². The van der Waals surface area contributed by atoms with Gasteiger partial charge in [-0.3, -0.25) is 4.79 Å². The molecule has 0 radical (unpaired) electrons. The van der Waals surface area contributed by atoms with Crippen LogP contribution in [0.25, 0.3) is 0 Å². The van der Waals surface area contributed by atoms with Crippen LogP contribution in [-0.4, -0.2) is 31.3 Å². The maximum Gasteiger partial charge on any atom is 0.293 e. The summed E-state index contributed by atoms with van der Waals surface area (Å²) in [5, 5.41) is 11.9. The van der Waals surface area contributed by atoms with Gasteiger partial charge in [0.25, 0.3) is 6.47 Å². The van der Waals surface area contributed by atoms with Crippen molar-refractivity contribution in [2.24, 2.45) is 5.92 Å². The van der Waals surface area contributed by atoms with Gasteiger partial charge in [0.15, 0.2) is 0 Å². The second-order valence-corrected chi connectivity index (χ2v) is 4.27. The molecule has 1 fully saturated rings. The maximum absolute atomic E-state index is 9.76. The summed E-state index contributed by atoms with van der Waals surface area (Å²) in [7, 11) is 0. The summed E-state index contributed by atoms with van der Waals surface area (Å²) < 4.78 is 4.54. The molecule has 1 aromatic carbocycles. The molecule has 0 aromatic heterocycles. The molecule has 100 valence electrons. The van der Waals surface area contributed by atoms with Crippen molar-refractivity contribution >= 4 is 6.47 Å². The van der Waals surface area contributed by atoms with Gasteiger partial charge in [0.1, 0.15) is 6.61 Å². The SMILES string of the molecule is O=COCc1ccccc1.OCC1CCNCC1. The van der Waals surface area contributed by atoms with E-state index in [4.69, 9.17) is 5.11 Å². The minimum absolute atomic E-state index is 0.365. The minimum Gasteiger partial charge on any atom is -0.463 e. The smallest absolute Gasteiger partial charge is 0.293 e. The number of benzene rings is 1. The van der Waals surface area contributed by atoms with Crippen molar-refractivity contribution in [2.75, 3.05) is 19.7 Å². The summed E-state index contributed by atoms with van der Waals surface area (Å²) in [6.07, 6.45) is 2.30. The summed E-state index contributed by atoms with van der Waals surface area (Å²) in [4.78, 5) is 9.76. The molecular formula is C14H21NO3. The normalized spacial score (nSPS) is 15.4. The Labute approximate surface area is 108 Å². The van der Waals surface area contributed by atoms with Crippen LogP contribution in [-0.2, 0) is 16.1 Å². The third kappa shape index (κ3) is 6.37. The standard InChI is InChI=1S/C8H8O2.C6H13NO/c9-7-10-6-8-4-2-1-3-5-8;8-5-6-1-3-7-4-2-6/h1-5,7H,6H2;6-8H,1-5H2. The maximum atomic E-state index is 9.76. The molecule has 4 nitrogen and oxygen atoms in total. The molecule has 1 heterocycles. The molecule has 0 spiro atoms. The molecule has 0 amide bonds. The van der Waals surface area contributed by atoms with Crippen LogP contribution in [0.2, 0.25) is 0 Å². The first kappa shape index (κ1) is 14.7. The van der Waals surface area contributed by atoms with Crippen LogP contribution in [0, 0.1) is 5.92 Å². The van der Waals surface area contributed by atoms with Crippen molar-refractivity contribution in [3.05, 3.63) is 35.9 Å². The van der Waals surface area contributed by atoms with E-state index in [0.717, 1.165) is 31.5 Å². The van der Waals surface area contributed by atoms with Crippen molar-refractivity contribution in [1.29, 1.82) is 0 Å². The zero-order valence-electron chi connectivity index (χ0n) is 10.5. The number of aliphatic hydroxyl groups is 1. The Balaban J connectivity index is 0.000000184. The van der Waals surface area contributed by atoms with Crippen molar-refractivity contribution in [1.82, 2.24) is 5.32 Å². The molecule has 1 aliphatic rings. The summed E-state index contributed by atoms with van der Waals surface area (Å²) in [5.74, 6) is 0.580. The predicted octanol–water partition coefficient (Wildman–Crippen LogP) is 1.34. The van der Waals surface area contributed by atoms with Crippen LogP contribution >= 0.6 is 0 Å². The molecule has 0 aliphatic carbocycles. The minimum atomic E-state index is 0.365. The van der Waals surface area contributed by atoms with Gasteiger partial charge in [0.05, 0.1) is 0 Å². The van der Waals surface area contributed by atoms with Gasteiger partial charge in [-0.25, -0.2) is 0 Å². The number of piperidine rings is 1. The molecule has 0 bridgehead atoms. The topological polar surface area (TPSA) is 58.6 Å². The van der Waals surface area contributed by atoms with E-state index >= 15 is 0 Å². The fourth-order valence-electron chi connectivity index (χ4n) is 1.77. The van der Waals surface area contributed by atoms with Crippen LogP contribution in [0.15, 0.2) is 30.3 Å². The monoisotopic (exact) mass is 251 g/mol. The van der Waals surface area contributed by atoms with Crippen LogP contribution in [0.4, 0.5) is 0 Å². The molecule has 18 heavy (non-hydrogen) atoms. The van der Waals surface area contributed by atoms with Gasteiger partial charge in [0.2, 0.25) is 0 Å². The quantitative estimate of drug-likeness (QED) is 0.793. The molecule has 1 aromatic rings. The van der Waals surface area contributed by atoms with E-state index in [-0.39, 0.29) is 0 Å². The lowest BCUT2D eigenvalue weighted by Crippen LogP contribution is -2.29. The third-order valence-corrected chi connectivity index (χ3v) is 2.88. The fraction of sp³-hybridized carbons (Fsp3) is 0.500. The second-order valence-electron chi connectivity index (χ2n) is 4.27. The fourth-order valence-corrected chi connectivity index (χ4v) is 1.77. The number of carbonyl (C=O) groups is 1. The van der Waals surface area contributed by atoms with Gasteiger partial charge in [-0.05, 0) is 37.4 Å². The van der Waals surface area contributed by atoms with E-state index < -0.39 is 0 Å². The van der Waals surface area contributed by atoms with Gasteiger partial charge < -0.3 is 15.2 Å². The summed E-state index contributed by atoms with van der Waals surface area (Å²) in [6, 6.07) is 9.55. The molecule has 0 unspecified atom stereocenters. The van der Waals surface area contributed by atoms with Crippen LogP contribution in [0.5, 0.6) is 0 Å². The van der Waals surface area contributed by atoms with Crippen LogP contribution in [0.3, 0.4) is 0 Å². The lowest BCUT2D eigenvalue weighted by Gasteiger charge is -2.19. The first-order chi connectivity index (χ1) is 8.86. The summed E-state index contributed by atoms with van der Waals surface area (Å²) in [6.45, 7) is 3.37. The Hall–Kier alpha value is -1.39. The molecular weight excluding hydrogens is 230 g/mol. The van der Waals surface area contributed by atoms with Crippen molar-refractivity contribution < 1.29 is 14.6 Å². The number of carbonyl (C=O) groups excluding carboxylic acids is 1. The Kier molecular flexibility index (Phi) is 7.84. The lowest BCUT2D eigenvalue weighted by atomic mass is 10.00. The highest BCUT2D eigenvalue weighted by Crippen LogP contribution is 2.08. The highest BCUT2D eigenvalue weighted by atomic mass is 16.5. The van der Waals surface area contributed by atoms with Gasteiger partial charge in [-0.15, -0.1) is 0 Å². The summed E-state index contributed by atoms with van der Waals surface area (Å²) in [5.41, 5.74) is 1.01. The summed E-state index contributed by atoms with van der Waals surface area (Å²) >= 11 is 0. The number of ether oxygens (including phenoxy) is 1. The van der Waals surface area contributed by atoms with E-state index in [1.54, 1.807) is 0 Å². The highest BCUT2D eigenvalue weighted by molar-refractivity contribution is 5.37. The van der Waals surface area contributed by atoms with Gasteiger partial charge in [-0.2, -0.15) is 0 Å². The molecule has 1 saturated heterocycles. The zero-order valence-corrected chi connectivity index (χ0v) is 10.5. The second kappa shape index (κ2) is 9.62. The van der Waals surface area contributed by atoms with Crippen LogP contribution < -0.4 is 5.32 Å². The van der Waals surface area contributed by atoms with E-state index in [9.17, 15) is 4.79 Å². The number of nitrogens with one attached hydrogen (secondary N) is 1. The van der Waals surface area contributed by atoms with Crippen molar-refractivity contribution in [3.63, 3.8) is 0 Å². The van der Waals surface area contributed by atoms with Crippen LogP contribution in [0.1, 0.15) is 18.4 Å². The number of hydrogen-bond acceptors (Lipinski definition) is 4. The Morgan fingerprint density at radius 1 is 1.28 bits per heavy atom. The molecule has 2 rings (SSSR count). The average Bonchev–Trinajstić information content (AvgIpc) is 2.48. The Bertz CT molecular complexity index is 310. The highest BCUT2D eigenvalue weighted by Gasteiger charge is 2.10. The van der Waals surface area contributed by atoms with E-state index in [1.807, 2.05) is 30.3 Å². The third-order valence-electron chi connectivity index (χ3n) is 2.88. The number of aliphatic hydroxyl groups excluding tert-OH is 1. The molecule has 1 aliphatic heterocycles. The Morgan fingerprint density at radius 3 is 2.44 bits per heavy atom. The van der Waals surface area contributed by atoms with E-state index in [0.29, 0.717) is 25.6 Å². The van der Waals surface area contributed by atoms with E-state index in [2.05, 4.69) is 10.1 Å².